The molecule has 4 heteroatoms. The summed E-state index contributed by atoms with van der Waals surface area (Å²) in [4.78, 5) is 9.81. The maximum Gasteiger partial charge on any atom is 0.0922 e. The zero-order valence-corrected chi connectivity index (χ0v) is 10.5. The van der Waals surface area contributed by atoms with Gasteiger partial charge in [-0.2, -0.15) is 0 Å². The first kappa shape index (κ1) is 11.2. The molecule has 2 N–H and O–H groups in total. The van der Waals surface area contributed by atoms with E-state index < -0.39 is 0 Å². The fourth-order valence-corrected chi connectivity index (χ4v) is 3.42. The van der Waals surface area contributed by atoms with Crippen LogP contribution in [0.5, 0.6) is 0 Å². The molecule has 0 spiro atoms. The first-order valence-electron chi connectivity index (χ1n) is 6.75. The van der Waals surface area contributed by atoms with Crippen molar-refractivity contribution in [2.45, 2.75) is 56.8 Å². The number of hydrogen-bond donors (Lipinski definition) is 2. The molecule has 2 fully saturated rings. The van der Waals surface area contributed by atoms with Gasteiger partial charge in [-0.1, -0.05) is 6.42 Å². The van der Waals surface area contributed by atoms with Gasteiger partial charge >= 0.3 is 0 Å². The monoisotopic (exact) mass is 234 g/mol. The minimum absolute atomic E-state index is 0.685. The van der Waals surface area contributed by atoms with E-state index in [4.69, 9.17) is 0 Å². The van der Waals surface area contributed by atoms with Gasteiger partial charge in [-0.05, 0) is 32.7 Å². The third-order valence-electron chi connectivity index (χ3n) is 4.48. The fraction of sp³-hybridized carbons (Fsp3) is 0.769. The molecule has 3 heterocycles. The SMILES string of the molecule is CN1C2CCCC1CC(NCc1cnc[nH]1)C2. The summed E-state index contributed by atoms with van der Waals surface area (Å²) >= 11 is 0. The molecule has 0 aliphatic carbocycles. The van der Waals surface area contributed by atoms with Crippen LogP contribution in [-0.2, 0) is 6.54 Å². The molecule has 2 atom stereocenters. The van der Waals surface area contributed by atoms with E-state index in [0.29, 0.717) is 6.04 Å². The molecule has 2 bridgehead atoms. The van der Waals surface area contributed by atoms with E-state index in [1.54, 1.807) is 6.33 Å². The van der Waals surface area contributed by atoms with Gasteiger partial charge < -0.3 is 15.2 Å². The molecular formula is C13H22N4. The van der Waals surface area contributed by atoms with E-state index in [-0.39, 0.29) is 0 Å². The summed E-state index contributed by atoms with van der Waals surface area (Å²) in [5, 5.41) is 3.68. The minimum Gasteiger partial charge on any atom is -0.347 e. The number of aromatic amines is 1. The van der Waals surface area contributed by atoms with Gasteiger partial charge in [0, 0.05) is 36.6 Å². The normalized spacial score (nSPS) is 33.8. The summed E-state index contributed by atoms with van der Waals surface area (Å²) in [5.41, 5.74) is 1.19. The van der Waals surface area contributed by atoms with Crippen LogP contribution in [0, 0.1) is 0 Å². The van der Waals surface area contributed by atoms with Crippen LogP contribution in [0.4, 0.5) is 0 Å². The highest BCUT2D eigenvalue weighted by Crippen LogP contribution is 2.32. The van der Waals surface area contributed by atoms with Crippen LogP contribution in [0.15, 0.2) is 12.5 Å². The Bertz CT molecular complexity index is 334. The highest BCUT2D eigenvalue weighted by atomic mass is 15.2. The van der Waals surface area contributed by atoms with Crippen molar-refractivity contribution in [3.05, 3.63) is 18.2 Å². The molecule has 0 aromatic carbocycles. The second-order valence-electron chi connectivity index (χ2n) is 5.53. The molecule has 4 nitrogen and oxygen atoms in total. The van der Waals surface area contributed by atoms with E-state index in [9.17, 15) is 0 Å². The molecule has 1 aromatic rings. The molecule has 2 aliphatic rings. The van der Waals surface area contributed by atoms with E-state index in [0.717, 1.165) is 18.6 Å². The summed E-state index contributed by atoms with van der Waals surface area (Å²) in [7, 11) is 2.31. The van der Waals surface area contributed by atoms with Crippen molar-refractivity contribution >= 4 is 0 Å². The molecule has 94 valence electrons. The van der Waals surface area contributed by atoms with Crippen molar-refractivity contribution in [3.8, 4) is 0 Å². The molecule has 0 saturated carbocycles. The number of nitrogens with one attached hydrogen (secondary N) is 2. The molecule has 0 radical (unpaired) electrons. The number of fused-ring (bicyclic) bond motifs is 2. The number of piperidine rings is 2. The maximum absolute atomic E-state index is 4.05. The van der Waals surface area contributed by atoms with Crippen LogP contribution in [0.3, 0.4) is 0 Å². The van der Waals surface area contributed by atoms with Gasteiger partial charge in [0.25, 0.3) is 0 Å². The lowest BCUT2D eigenvalue weighted by Crippen LogP contribution is -2.54. The van der Waals surface area contributed by atoms with Crippen molar-refractivity contribution in [3.63, 3.8) is 0 Å². The van der Waals surface area contributed by atoms with E-state index in [1.165, 1.54) is 37.8 Å². The Labute approximate surface area is 103 Å². The lowest BCUT2D eigenvalue weighted by atomic mass is 9.82. The summed E-state index contributed by atoms with van der Waals surface area (Å²) in [6.45, 7) is 0.924. The first-order chi connectivity index (χ1) is 8.33. The highest BCUT2D eigenvalue weighted by Gasteiger charge is 2.35. The van der Waals surface area contributed by atoms with Crippen molar-refractivity contribution in [1.29, 1.82) is 0 Å². The van der Waals surface area contributed by atoms with Gasteiger partial charge in [-0.15, -0.1) is 0 Å². The van der Waals surface area contributed by atoms with Crippen LogP contribution < -0.4 is 5.32 Å². The first-order valence-corrected chi connectivity index (χ1v) is 6.75. The van der Waals surface area contributed by atoms with Crippen molar-refractivity contribution in [1.82, 2.24) is 20.2 Å². The van der Waals surface area contributed by atoms with Crippen LogP contribution in [0.2, 0.25) is 0 Å². The van der Waals surface area contributed by atoms with Gasteiger partial charge in [0.1, 0.15) is 0 Å². The molecule has 2 saturated heterocycles. The second kappa shape index (κ2) is 4.78. The average Bonchev–Trinajstić information content (AvgIpc) is 2.79. The molecule has 3 rings (SSSR count). The number of rotatable bonds is 3. The number of aromatic nitrogens is 2. The Balaban J connectivity index is 1.55. The minimum atomic E-state index is 0.685. The fourth-order valence-electron chi connectivity index (χ4n) is 3.42. The summed E-state index contributed by atoms with van der Waals surface area (Å²) in [6.07, 6.45) is 10.5. The van der Waals surface area contributed by atoms with Crippen LogP contribution in [0.1, 0.15) is 37.8 Å². The van der Waals surface area contributed by atoms with Crippen molar-refractivity contribution in [2.75, 3.05) is 7.05 Å². The molecule has 0 amide bonds. The highest BCUT2D eigenvalue weighted by molar-refractivity contribution is 4.97. The average molecular weight is 234 g/mol. The quantitative estimate of drug-likeness (QED) is 0.833. The number of nitrogens with zero attached hydrogens (tertiary/aromatic N) is 2. The van der Waals surface area contributed by atoms with E-state index in [1.807, 2.05) is 6.20 Å². The van der Waals surface area contributed by atoms with Gasteiger partial charge in [-0.3, -0.25) is 0 Å². The second-order valence-corrected chi connectivity index (χ2v) is 5.53. The lowest BCUT2D eigenvalue weighted by molar-refractivity contribution is 0.0482. The Morgan fingerprint density at radius 1 is 1.41 bits per heavy atom. The van der Waals surface area contributed by atoms with Crippen molar-refractivity contribution in [2.24, 2.45) is 0 Å². The summed E-state index contributed by atoms with van der Waals surface area (Å²) in [5.74, 6) is 0. The van der Waals surface area contributed by atoms with Gasteiger partial charge in [0.05, 0.1) is 6.33 Å². The van der Waals surface area contributed by atoms with Gasteiger partial charge in [0.2, 0.25) is 0 Å². The zero-order valence-electron chi connectivity index (χ0n) is 10.5. The maximum atomic E-state index is 4.05. The zero-order chi connectivity index (χ0) is 11.7. The van der Waals surface area contributed by atoms with Crippen molar-refractivity contribution < 1.29 is 0 Å². The molecule has 1 aromatic heterocycles. The third-order valence-corrected chi connectivity index (χ3v) is 4.48. The molecule has 2 unspecified atom stereocenters. The standard InChI is InChI=1S/C13H22N4/c1-17-12-3-2-4-13(17)6-10(5-12)15-8-11-7-14-9-16-11/h7,9-10,12-13,15H,2-6,8H2,1H3,(H,14,16). The Morgan fingerprint density at radius 2 is 2.18 bits per heavy atom. The number of hydrogen-bond acceptors (Lipinski definition) is 3. The largest absolute Gasteiger partial charge is 0.347 e. The number of imidazole rings is 1. The lowest BCUT2D eigenvalue weighted by Gasteiger charge is -2.47. The Kier molecular flexibility index (Phi) is 3.16. The van der Waals surface area contributed by atoms with Crippen LogP contribution in [-0.4, -0.2) is 40.0 Å². The smallest absolute Gasteiger partial charge is 0.0922 e. The van der Waals surface area contributed by atoms with Gasteiger partial charge in [-0.25, -0.2) is 4.98 Å². The predicted molar refractivity (Wildman–Crippen MR) is 67.6 cm³/mol. The summed E-state index contributed by atoms with van der Waals surface area (Å²) in [6, 6.07) is 2.30. The molecule has 2 aliphatic heterocycles. The molecule has 17 heavy (non-hydrogen) atoms. The topological polar surface area (TPSA) is 44.0 Å². The Hall–Kier alpha value is -0.870. The van der Waals surface area contributed by atoms with E-state index in [2.05, 4.69) is 27.2 Å². The predicted octanol–water partition coefficient (Wildman–Crippen LogP) is 1.51. The summed E-state index contributed by atoms with van der Waals surface area (Å²) < 4.78 is 0. The van der Waals surface area contributed by atoms with E-state index >= 15 is 0 Å². The molecular weight excluding hydrogens is 212 g/mol. The Morgan fingerprint density at radius 3 is 2.82 bits per heavy atom. The van der Waals surface area contributed by atoms with Gasteiger partial charge in [0.15, 0.2) is 0 Å². The number of H-pyrrole nitrogens is 1. The third kappa shape index (κ3) is 2.38. The van der Waals surface area contributed by atoms with Crippen LogP contribution >= 0.6 is 0 Å². The van der Waals surface area contributed by atoms with Crippen LogP contribution in [0.25, 0.3) is 0 Å².